The zero-order valence-corrected chi connectivity index (χ0v) is 13.8. The van der Waals surface area contributed by atoms with Crippen LogP contribution in [0.1, 0.15) is 21.5 Å². The second-order valence-corrected chi connectivity index (χ2v) is 5.59. The molecular weight excluding hydrogens is 304 g/mol. The molecule has 1 aromatic heterocycles. The van der Waals surface area contributed by atoms with Crippen LogP contribution in [0.5, 0.6) is 5.75 Å². The monoisotopic (exact) mass is 322 g/mol. The summed E-state index contributed by atoms with van der Waals surface area (Å²) in [6.45, 7) is 3.92. The van der Waals surface area contributed by atoms with Crippen LogP contribution in [0.15, 0.2) is 30.6 Å². The van der Waals surface area contributed by atoms with E-state index in [1.165, 1.54) is 0 Å². The molecule has 1 amide bonds. The van der Waals surface area contributed by atoms with Gasteiger partial charge in [0.2, 0.25) is 0 Å². The van der Waals surface area contributed by atoms with Gasteiger partial charge in [0, 0.05) is 18.0 Å². The Morgan fingerprint density at radius 3 is 2.50 bits per heavy atom. The van der Waals surface area contributed by atoms with Crippen LogP contribution < -0.4 is 16.2 Å². The van der Waals surface area contributed by atoms with Crippen molar-refractivity contribution in [3.05, 3.63) is 47.3 Å². The van der Waals surface area contributed by atoms with Crippen molar-refractivity contribution in [3.63, 3.8) is 0 Å². The Morgan fingerprint density at radius 1 is 1.12 bits per heavy atom. The minimum Gasteiger partial charge on any atom is -0.496 e. The van der Waals surface area contributed by atoms with E-state index in [1.54, 1.807) is 25.6 Å². The fourth-order valence-corrected chi connectivity index (χ4v) is 3.01. The smallest absolute Gasteiger partial charge is 0.250 e. The highest BCUT2D eigenvalue weighted by molar-refractivity contribution is 6.10. The standard InChI is InChI=1S/C18H18N4O2/c1-9-4-5-13(24-3)10(2)14(9)15-16(19)11(18(20)23)8-12-17(15)22-7-6-21-12/h4-8H,19H2,1-3H3,(H2,20,23). The minimum atomic E-state index is -0.598. The molecule has 0 aliphatic heterocycles. The van der Waals surface area contributed by atoms with Crippen molar-refractivity contribution in [3.8, 4) is 16.9 Å². The number of hydrogen-bond donors (Lipinski definition) is 2. The van der Waals surface area contributed by atoms with Crippen molar-refractivity contribution in [1.29, 1.82) is 0 Å². The first-order chi connectivity index (χ1) is 11.5. The summed E-state index contributed by atoms with van der Waals surface area (Å²) >= 11 is 0. The first-order valence-corrected chi connectivity index (χ1v) is 7.43. The molecule has 0 radical (unpaired) electrons. The third kappa shape index (κ3) is 2.32. The van der Waals surface area contributed by atoms with Crippen molar-refractivity contribution in [2.45, 2.75) is 13.8 Å². The van der Waals surface area contributed by atoms with Crippen LogP contribution >= 0.6 is 0 Å². The van der Waals surface area contributed by atoms with Gasteiger partial charge in [-0.3, -0.25) is 14.8 Å². The Kier molecular flexibility index (Phi) is 3.81. The minimum absolute atomic E-state index is 0.236. The number of rotatable bonds is 3. The number of methoxy groups -OCH3 is 1. The van der Waals surface area contributed by atoms with E-state index in [4.69, 9.17) is 16.2 Å². The lowest BCUT2D eigenvalue weighted by Crippen LogP contribution is -2.15. The summed E-state index contributed by atoms with van der Waals surface area (Å²) in [6.07, 6.45) is 3.17. The molecule has 24 heavy (non-hydrogen) atoms. The molecule has 2 aromatic carbocycles. The fourth-order valence-electron chi connectivity index (χ4n) is 3.01. The number of nitrogen functional groups attached to an aromatic ring is 1. The number of aryl methyl sites for hydroxylation is 1. The number of anilines is 1. The van der Waals surface area contributed by atoms with Crippen molar-refractivity contribution in [2.24, 2.45) is 5.73 Å². The van der Waals surface area contributed by atoms with Gasteiger partial charge in [-0.15, -0.1) is 0 Å². The maximum absolute atomic E-state index is 11.8. The molecule has 0 aliphatic carbocycles. The third-order valence-electron chi connectivity index (χ3n) is 4.16. The highest BCUT2D eigenvalue weighted by atomic mass is 16.5. The number of primary amides is 1. The van der Waals surface area contributed by atoms with E-state index in [0.717, 1.165) is 22.4 Å². The number of amides is 1. The second kappa shape index (κ2) is 5.81. The van der Waals surface area contributed by atoms with Gasteiger partial charge in [-0.1, -0.05) is 6.07 Å². The molecule has 0 spiro atoms. The zero-order chi connectivity index (χ0) is 17.4. The predicted octanol–water partition coefficient (Wildman–Crippen LogP) is 2.60. The van der Waals surface area contributed by atoms with Crippen LogP contribution in [0.3, 0.4) is 0 Å². The summed E-state index contributed by atoms with van der Waals surface area (Å²) in [4.78, 5) is 20.5. The molecule has 0 unspecified atom stereocenters. The number of carbonyl (C=O) groups is 1. The van der Waals surface area contributed by atoms with Crippen LogP contribution in [-0.2, 0) is 0 Å². The summed E-state index contributed by atoms with van der Waals surface area (Å²) in [5, 5.41) is 0. The van der Waals surface area contributed by atoms with Gasteiger partial charge in [-0.05, 0) is 42.7 Å². The quantitative estimate of drug-likeness (QED) is 0.721. The van der Waals surface area contributed by atoms with Gasteiger partial charge >= 0.3 is 0 Å². The lowest BCUT2D eigenvalue weighted by Gasteiger charge is -2.18. The first-order valence-electron chi connectivity index (χ1n) is 7.43. The molecule has 0 saturated carbocycles. The summed E-state index contributed by atoms with van der Waals surface area (Å²) in [5.41, 5.74) is 17.0. The zero-order valence-electron chi connectivity index (χ0n) is 13.8. The van der Waals surface area contributed by atoms with Crippen LogP contribution in [0.4, 0.5) is 5.69 Å². The number of fused-ring (bicyclic) bond motifs is 1. The van der Waals surface area contributed by atoms with Gasteiger partial charge in [-0.25, -0.2) is 0 Å². The van der Waals surface area contributed by atoms with Gasteiger partial charge < -0.3 is 16.2 Å². The molecule has 1 heterocycles. The number of aromatic nitrogens is 2. The molecule has 4 N–H and O–H groups in total. The largest absolute Gasteiger partial charge is 0.496 e. The number of hydrogen-bond acceptors (Lipinski definition) is 5. The normalized spacial score (nSPS) is 10.8. The number of carbonyl (C=O) groups excluding carboxylic acids is 1. The number of nitrogens with zero attached hydrogens (tertiary/aromatic N) is 2. The second-order valence-electron chi connectivity index (χ2n) is 5.59. The van der Waals surface area contributed by atoms with E-state index in [9.17, 15) is 4.79 Å². The van der Waals surface area contributed by atoms with E-state index in [2.05, 4.69) is 9.97 Å². The van der Waals surface area contributed by atoms with E-state index in [1.807, 2.05) is 26.0 Å². The topological polar surface area (TPSA) is 104 Å². The molecule has 122 valence electrons. The van der Waals surface area contributed by atoms with Gasteiger partial charge in [0.05, 0.1) is 29.4 Å². The van der Waals surface area contributed by atoms with Crippen molar-refractivity contribution < 1.29 is 9.53 Å². The summed E-state index contributed by atoms with van der Waals surface area (Å²) in [6, 6.07) is 5.42. The fraction of sp³-hybridized carbons (Fsp3) is 0.167. The lowest BCUT2D eigenvalue weighted by molar-refractivity contribution is 0.100. The van der Waals surface area contributed by atoms with Crippen molar-refractivity contribution >= 4 is 22.6 Å². The predicted molar refractivity (Wildman–Crippen MR) is 93.9 cm³/mol. The van der Waals surface area contributed by atoms with E-state index in [-0.39, 0.29) is 5.56 Å². The summed E-state index contributed by atoms with van der Waals surface area (Å²) in [5.74, 6) is 0.135. The van der Waals surface area contributed by atoms with Crippen molar-refractivity contribution in [1.82, 2.24) is 9.97 Å². The summed E-state index contributed by atoms with van der Waals surface area (Å²) in [7, 11) is 1.61. The highest BCUT2D eigenvalue weighted by Crippen LogP contribution is 2.40. The molecule has 0 saturated heterocycles. The first kappa shape index (κ1) is 15.7. The van der Waals surface area contributed by atoms with Crippen LogP contribution in [0, 0.1) is 13.8 Å². The van der Waals surface area contributed by atoms with Crippen molar-refractivity contribution in [2.75, 3.05) is 12.8 Å². The maximum Gasteiger partial charge on any atom is 0.250 e. The molecule has 0 bridgehead atoms. The average molecular weight is 322 g/mol. The molecule has 3 aromatic rings. The maximum atomic E-state index is 11.8. The van der Waals surface area contributed by atoms with E-state index in [0.29, 0.717) is 22.3 Å². The van der Waals surface area contributed by atoms with Gasteiger partial charge in [0.1, 0.15) is 5.75 Å². The van der Waals surface area contributed by atoms with Gasteiger partial charge in [0.15, 0.2) is 0 Å². The summed E-state index contributed by atoms with van der Waals surface area (Å²) < 4.78 is 5.42. The SMILES string of the molecule is COc1ccc(C)c(-c2c(N)c(C(N)=O)cc3nccnc23)c1C. The van der Waals surface area contributed by atoms with E-state index >= 15 is 0 Å². The third-order valence-corrected chi connectivity index (χ3v) is 4.16. The highest BCUT2D eigenvalue weighted by Gasteiger charge is 2.21. The Bertz CT molecular complexity index is 967. The Hall–Kier alpha value is -3.15. The lowest BCUT2D eigenvalue weighted by atomic mass is 9.91. The van der Waals surface area contributed by atoms with Crippen LogP contribution in [0.25, 0.3) is 22.2 Å². The van der Waals surface area contributed by atoms with Gasteiger partial charge in [0.25, 0.3) is 5.91 Å². The Morgan fingerprint density at radius 2 is 1.83 bits per heavy atom. The molecule has 0 atom stereocenters. The average Bonchev–Trinajstić information content (AvgIpc) is 2.56. The molecule has 0 aliphatic rings. The van der Waals surface area contributed by atoms with Gasteiger partial charge in [-0.2, -0.15) is 0 Å². The Labute approximate surface area is 139 Å². The molecule has 6 heteroatoms. The number of benzene rings is 2. The number of nitrogens with two attached hydrogens (primary N) is 2. The van der Waals surface area contributed by atoms with Crippen LogP contribution in [0.2, 0.25) is 0 Å². The molecule has 0 fully saturated rings. The molecule has 6 nitrogen and oxygen atoms in total. The molecule has 3 rings (SSSR count). The van der Waals surface area contributed by atoms with E-state index < -0.39 is 5.91 Å². The van der Waals surface area contributed by atoms with Crippen LogP contribution in [-0.4, -0.2) is 23.0 Å². The Balaban J connectivity index is 2.51. The molecular formula is C18H18N4O2. The number of ether oxygens (including phenoxy) is 1.